The van der Waals surface area contributed by atoms with E-state index in [0.717, 1.165) is 0 Å². The fourth-order valence-corrected chi connectivity index (χ4v) is 1.35. The lowest BCUT2D eigenvalue weighted by atomic mass is 9.97. The Labute approximate surface area is 83.5 Å². The zero-order chi connectivity index (χ0) is 10.6. The van der Waals surface area contributed by atoms with Crippen molar-refractivity contribution in [2.24, 2.45) is 0 Å². The Hall–Kier alpha value is -0.970. The molecule has 1 unspecified atom stereocenters. The number of aromatic nitrogens is 1. The lowest BCUT2D eigenvalue weighted by molar-refractivity contribution is -0.213. The van der Waals surface area contributed by atoms with E-state index in [1.807, 2.05) is 0 Å². The number of hydrogen-bond donors (Lipinski definition) is 1. The third kappa shape index (κ3) is 2.09. The Morgan fingerprint density at radius 2 is 2.07 bits per heavy atom. The molecule has 0 saturated carbocycles. The van der Waals surface area contributed by atoms with Crippen molar-refractivity contribution < 1.29 is 14.6 Å². The summed E-state index contributed by atoms with van der Waals surface area (Å²) in [5.41, 5.74) is -0.536. The molecular weight excluding hydrogens is 182 g/mol. The summed E-state index contributed by atoms with van der Waals surface area (Å²) in [4.78, 5) is 3.93. The Morgan fingerprint density at radius 3 is 2.50 bits per heavy atom. The molecule has 14 heavy (non-hydrogen) atoms. The molecular formula is C10H15NO3. The molecule has 0 fully saturated rings. The largest absolute Gasteiger partial charge is 0.380 e. The van der Waals surface area contributed by atoms with Crippen molar-refractivity contribution in [3.63, 3.8) is 0 Å². The first-order chi connectivity index (χ1) is 6.62. The maximum Gasteiger partial charge on any atom is 0.189 e. The summed E-state index contributed by atoms with van der Waals surface area (Å²) < 4.78 is 10.0. The highest BCUT2D eigenvalue weighted by Crippen LogP contribution is 2.25. The zero-order valence-electron chi connectivity index (χ0n) is 8.60. The minimum atomic E-state index is -1.20. The molecule has 0 aromatic carbocycles. The number of pyridine rings is 1. The molecule has 0 aliphatic rings. The summed E-state index contributed by atoms with van der Waals surface area (Å²) in [6.45, 7) is 1.63. The zero-order valence-corrected chi connectivity index (χ0v) is 8.60. The van der Waals surface area contributed by atoms with Crippen LogP contribution in [0.2, 0.25) is 0 Å². The molecule has 4 heteroatoms. The summed E-state index contributed by atoms with van der Waals surface area (Å²) in [6.07, 6.45) is 2.53. The molecule has 0 saturated heterocycles. The highest BCUT2D eigenvalue weighted by molar-refractivity contribution is 5.17. The lowest BCUT2D eigenvalue weighted by Gasteiger charge is -2.30. The Morgan fingerprint density at radius 1 is 1.43 bits per heavy atom. The van der Waals surface area contributed by atoms with Crippen molar-refractivity contribution in [3.05, 3.63) is 30.1 Å². The fourth-order valence-electron chi connectivity index (χ4n) is 1.35. The van der Waals surface area contributed by atoms with Crippen LogP contribution in [-0.2, 0) is 15.1 Å². The molecule has 1 atom stereocenters. The first kappa shape index (κ1) is 11.1. The van der Waals surface area contributed by atoms with Gasteiger partial charge in [0, 0.05) is 32.2 Å². The van der Waals surface area contributed by atoms with Crippen LogP contribution in [0.15, 0.2) is 24.5 Å². The SMILES string of the molecule is COC(OC)C(C)(O)c1cccnc1. The van der Waals surface area contributed by atoms with E-state index in [-0.39, 0.29) is 0 Å². The van der Waals surface area contributed by atoms with E-state index in [4.69, 9.17) is 9.47 Å². The van der Waals surface area contributed by atoms with Gasteiger partial charge in [0.25, 0.3) is 0 Å². The summed E-state index contributed by atoms with van der Waals surface area (Å²) in [6, 6.07) is 3.53. The van der Waals surface area contributed by atoms with Gasteiger partial charge in [0.2, 0.25) is 0 Å². The van der Waals surface area contributed by atoms with Crippen LogP contribution >= 0.6 is 0 Å². The van der Waals surface area contributed by atoms with Gasteiger partial charge in [-0.05, 0) is 13.0 Å². The van der Waals surface area contributed by atoms with Crippen LogP contribution in [-0.4, -0.2) is 30.6 Å². The van der Waals surface area contributed by atoms with Crippen molar-refractivity contribution in [3.8, 4) is 0 Å². The third-order valence-corrected chi connectivity index (χ3v) is 2.13. The molecule has 1 heterocycles. The van der Waals surface area contributed by atoms with E-state index < -0.39 is 11.9 Å². The van der Waals surface area contributed by atoms with Crippen LogP contribution in [0.5, 0.6) is 0 Å². The van der Waals surface area contributed by atoms with Gasteiger partial charge in [-0.25, -0.2) is 0 Å². The quantitative estimate of drug-likeness (QED) is 0.729. The number of hydrogen-bond acceptors (Lipinski definition) is 4. The third-order valence-electron chi connectivity index (χ3n) is 2.13. The molecule has 1 rings (SSSR count). The molecule has 78 valence electrons. The fraction of sp³-hybridized carbons (Fsp3) is 0.500. The Kier molecular flexibility index (Phi) is 3.57. The van der Waals surface area contributed by atoms with Gasteiger partial charge in [-0.3, -0.25) is 4.98 Å². The second kappa shape index (κ2) is 4.50. The molecule has 0 amide bonds. The van der Waals surface area contributed by atoms with E-state index in [9.17, 15) is 5.11 Å². The van der Waals surface area contributed by atoms with E-state index in [0.29, 0.717) is 5.56 Å². The average molecular weight is 197 g/mol. The first-order valence-electron chi connectivity index (χ1n) is 4.31. The van der Waals surface area contributed by atoms with Crippen molar-refractivity contribution in [1.29, 1.82) is 0 Å². The number of ether oxygens (including phenoxy) is 2. The second-order valence-electron chi connectivity index (χ2n) is 3.19. The first-order valence-corrected chi connectivity index (χ1v) is 4.31. The molecule has 0 aliphatic heterocycles. The predicted molar refractivity (Wildman–Crippen MR) is 51.6 cm³/mol. The van der Waals surface area contributed by atoms with Crippen LogP contribution in [0.3, 0.4) is 0 Å². The van der Waals surface area contributed by atoms with Gasteiger partial charge in [-0.15, -0.1) is 0 Å². The van der Waals surface area contributed by atoms with Crippen LogP contribution in [0, 0.1) is 0 Å². The van der Waals surface area contributed by atoms with Crippen molar-refractivity contribution >= 4 is 0 Å². The smallest absolute Gasteiger partial charge is 0.189 e. The lowest BCUT2D eigenvalue weighted by Crippen LogP contribution is -2.39. The monoisotopic (exact) mass is 197 g/mol. The average Bonchev–Trinajstić information content (AvgIpc) is 2.20. The maximum atomic E-state index is 10.2. The predicted octanol–water partition coefficient (Wildman–Crippen LogP) is 0.908. The van der Waals surface area contributed by atoms with Gasteiger partial charge >= 0.3 is 0 Å². The van der Waals surface area contributed by atoms with E-state index in [1.165, 1.54) is 14.2 Å². The molecule has 0 bridgehead atoms. The molecule has 0 radical (unpaired) electrons. The number of aliphatic hydroxyl groups is 1. The molecule has 0 aliphatic carbocycles. The minimum absolute atomic E-state index is 0.661. The van der Waals surface area contributed by atoms with E-state index in [2.05, 4.69) is 4.98 Å². The minimum Gasteiger partial charge on any atom is -0.380 e. The summed E-state index contributed by atoms with van der Waals surface area (Å²) in [7, 11) is 2.97. The number of rotatable bonds is 4. The van der Waals surface area contributed by atoms with Crippen LogP contribution in [0.1, 0.15) is 12.5 Å². The van der Waals surface area contributed by atoms with E-state index >= 15 is 0 Å². The molecule has 1 aromatic rings. The van der Waals surface area contributed by atoms with E-state index in [1.54, 1.807) is 31.5 Å². The Balaban J connectivity index is 2.94. The van der Waals surface area contributed by atoms with Crippen LogP contribution < -0.4 is 0 Å². The number of nitrogens with zero attached hydrogens (tertiary/aromatic N) is 1. The van der Waals surface area contributed by atoms with Gasteiger partial charge in [0.15, 0.2) is 6.29 Å². The van der Waals surface area contributed by atoms with Crippen molar-refractivity contribution in [2.45, 2.75) is 18.8 Å². The standard InChI is InChI=1S/C10H15NO3/c1-10(12,9(13-2)14-3)8-5-4-6-11-7-8/h4-7,9,12H,1-3H3. The number of methoxy groups -OCH3 is 2. The molecule has 0 spiro atoms. The van der Waals surface area contributed by atoms with Gasteiger partial charge < -0.3 is 14.6 Å². The van der Waals surface area contributed by atoms with Gasteiger partial charge in [0.05, 0.1) is 0 Å². The second-order valence-corrected chi connectivity index (χ2v) is 3.19. The molecule has 1 aromatic heterocycles. The Bertz CT molecular complexity index is 270. The van der Waals surface area contributed by atoms with Crippen molar-refractivity contribution in [2.75, 3.05) is 14.2 Å². The van der Waals surface area contributed by atoms with Crippen LogP contribution in [0.25, 0.3) is 0 Å². The normalized spacial score (nSPS) is 15.5. The summed E-state index contributed by atoms with van der Waals surface area (Å²) in [5, 5.41) is 10.2. The van der Waals surface area contributed by atoms with Crippen molar-refractivity contribution in [1.82, 2.24) is 4.98 Å². The highest BCUT2D eigenvalue weighted by Gasteiger charge is 2.34. The van der Waals surface area contributed by atoms with Crippen LogP contribution in [0.4, 0.5) is 0 Å². The maximum absolute atomic E-state index is 10.2. The molecule has 4 nitrogen and oxygen atoms in total. The summed E-state index contributed by atoms with van der Waals surface area (Å²) in [5.74, 6) is 0. The topological polar surface area (TPSA) is 51.6 Å². The van der Waals surface area contributed by atoms with Gasteiger partial charge in [0.1, 0.15) is 5.60 Å². The molecule has 1 N–H and O–H groups in total. The van der Waals surface area contributed by atoms with Gasteiger partial charge in [-0.2, -0.15) is 0 Å². The summed E-state index contributed by atoms with van der Waals surface area (Å²) >= 11 is 0. The highest BCUT2D eigenvalue weighted by atomic mass is 16.7. The van der Waals surface area contributed by atoms with Gasteiger partial charge in [-0.1, -0.05) is 6.07 Å².